The normalized spacial score (nSPS) is 14.4. The molecule has 0 aromatic carbocycles. The van der Waals surface area contributed by atoms with E-state index in [0.717, 1.165) is 18.4 Å². The number of rotatable bonds is 8. The van der Waals surface area contributed by atoms with Crippen molar-refractivity contribution in [2.24, 2.45) is 17.4 Å². The van der Waals surface area contributed by atoms with E-state index in [1.54, 1.807) is 13.0 Å². The second kappa shape index (κ2) is 7.44. The van der Waals surface area contributed by atoms with Crippen LogP contribution in [0.3, 0.4) is 0 Å². The quantitative estimate of drug-likeness (QED) is 0.383. The summed E-state index contributed by atoms with van der Waals surface area (Å²) >= 11 is 0. The lowest BCUT2D eigenvalue weighted by Crippen LogP contribution is -2.36. The van der Waals surface area contributed by atoms with Gasteiger partial charge < -0.3 is 27.3 Å². The van der Waals surface area contributed by atoms with E-state index in [2.05, 4.69) is 20.6 Å². The highest BCUT2D eigenvalue weighted by Gasteiger charge is 2.28. The van der Waals surface area contributed by atoms with Crippen molar-refractivity contribution in [3.05, 3.63) is 41.1 Å². The number of anilines is 3. The van der Waals surface area contributed by atoms with E-state index in [1.807, 2.05) is 0 Å². The molecule has 2 heterocycles. The summed E-state index contributed by atoms with van der Waals surface area (Å²) in [4.78, 5) is 31.7. The van der Waals surface area contributed by atoms with Crippen molar-refractivity contribution in [2.75, 3.05) is 10.6 Å². The number of nitrogens with one attached hydrogen (secondary N) is 2. The molecule has 0 saturated heterocycles. The van der Waals surface area contributed by atoms with Crippen LogP contribution in [-0.4, -0.2) is 27.8 Å². The number of aromatic nitrogens is 3. The SMILES string of the molecule is Cc1cc(Nc2nc(N[C@H](CC3CC3)C(N)=O)cnc2C(N)=O)c[n+]([O-])c1. The Bertz CT molecular complexity index is 863. The predicted octanol–water partition coefficient (Wildman–Crippen LogP) is 0.327. The van der Waals surface area contributed by atoms with Crippen molar-refractivity contribution in [2.45, 2.75) is 32.2 Å². The Balaban J connectivity index is 1.87. The minimum atomic E-state index is -0.774. The van der Waals surface area contributed by atoms with Gasteiger partial charge in [0.05, 0.1) is 6.20 Å². The number of carbonyl (C=O) groups excluding carboxylic acids is 2. The number of aryl methyl sites for hydroxylation is 1. The third-order valence-corrected chi connectivity index (χ3v) is 4.18. The number of hydrogen-bond acceptors (Lipinski definition) is 7. The summed E-state index contributed by atoms with van der Waals surface area (Å²) in [6, 6.07) is 1.13. The summed E-state index contributed by atoms with van der Waals surface area (Å²) < 4.78 is 0.635. The molecule has 1 atom stereocenters. The summed E-state index contributed by atoms with van der Waals surface area (Å²) in [5.74, 6) is -0.431. The zero-order chi connectivity index (χ0) is 19.6. The van der Waals surface area contributed by atoms with Gasteiger partial charge in [-0.25, -0.2) is 9.97 Å². The van der Waals surface area contributed by atoms with Gasteiger partial charge in [-0.2, -0.15) is 4.73 Å². The highest BCUT2D eigenvalue weighted by Crippen LogP contribution is 2.34. The van der Waals surface area contributed by atoms with Crippen molar-refractivity contribution in [3.8, 4) is 0 Å². The molecule has 2 aromatic rings. The Kier molecular flexibility index (Phi) is 5.06. The number of nitrogens with zero attached hydrogens (tertiary/aromatic N) is 3. The lowest BCUT2D eigenvalue weighted by Gasteiger charge is -2.17. The van der Waals surface area contributed by atoms with Crippen LogP contribution in [0.5, 0.6) is 0 Å². The molecule has 1 saturated carbocycles. The van der Waals surface area contributed by atoms with E-state index in [0.29, 0.717) is 22.8 Å². The first kappa shape index (κ1) is 18.4. The fraction of sp³-hybridized carbons (Fsp3) is 0.353. The molecule has 0 unspecified atom stereocenters. The smallest absolute Gasteiger partial charge is 0.271 e. The molecule has 0 spiro atoms. The number of carbonyl (C=O) groups is 2. The van der Waals surface area contributed by atoms with E-state index in [-0.39, 0.29) is 17.3 Å². The summed E-state index contributed by atoms with van der Waals surface area (Å²) in [5, 5.41) is 17.4. The van der Waals surface area contributed by atoms with Crippen LogP contribution in [0.15, 0.2) is 24.7 Å². The fourth-order valence-corrected chi connectivity index (χ4v) is 2.74. The first-order chi connectivity index (χ1) is 12.8. The van der Waals surface area contributed by atoms with Crippen molar-refractivity contribution >= 4 is 29.1 Å². The molecule has 3 rings (SSSR count). The maximum Gasteiger partial charge on any atom is 0.271 e. The topological polar surface area (TPSA) is 163 Å². The number of primary amides is 2. The van der Waals surface area contributed by atoms with E-state index in [9.17, 15) is 14.8 Å². The lowest BCUT2D eigenvalue weighted by molar-refractivity contribution is -0.605. The Morgan fingerprint density at radius 2 is 2.11 bits per heavy atom. The average Bonchev–Trinajstić information content (AvgIpc) is 3.37. The van der Waals surface area contributed by atoms with Crippen molar-refractivity contribution in [3.63, 3.8) is 0 Å². The second-order valence-corrected chi connectivity index (χ2v) is 6.68. The van der Waals surface area contributed by atoms with E-state index >= 15 is 0 Å². The Labute approximate surface area is 155 Å². The standard InChI is InChI=1S/C17H21N7O3/c1-9-4-11(8-24(27)7-9)21-17-14(16(19)26)20-6-13(23-17)22-12(15(18)25)5-10-2-3-10/h4,6-8,10,12H,2-3,5H2,1H3,(H2,18,25)(H2,19,26)(H2,21,22,23)/t12-/m1/s1. The molecule has 10 heteroatoms. The fourth-order valence-electron chi connectivity index (χ4n) is 2.74. The molecule has 27 heavy (non-hydrogen) atoms. The molecule has 0 aliphatic heterocycles. The maximum absolute atomic E-state index is 11.7. The molecule has 1 aliphatic rings. The van der Waals surface area contributed by atoms with Gasteiger partial charge in [-0.05, 0) is 25.3 Å². The Morgan fingerprint density at radius 3 is 2.70 bits per heavy atom. The van der Waals surface area contributed by atoms with Crippen LogP contribution >= 0.6 is 0 Å². The van der Waals surface area contributed by atoms with Gasteiger partial charge >= 0.3 is 0 Å². The van der Waals surface area contributed by atoms with Gasteiger partial charge in [-0.15, -0.1) is 0 Å². The van der Waals surface area contributed by atoms with Crippen LogP contribution in [-0.2, 0) is 4.79 Å². The van der Waals surface area contributed by atoms with E-state index < -0.39 is 17.9 Å². The predicted molar refractivity (Wildman–Crippen MR) is 97.9 cm³/mol. The molecule has 2 amide bonds. The van der Waals surface area contributed by atoms with Crippen LogP contribution in [0.4, 0.5) is 17.3 Å². The first-order valence-electron chi connectivity index (χ1n) is 8.52. The highest BCUT2D eigenvalue weighted by molar-refractivity contribution is 5.96. The van der Waals surface area contributed by atoms with Crippen LogP contribution in [0, 0.1) is 18.0 Å². The molecule has 1 fully saturated rings. The van der Waals surface area contributed by atoms with Gasteiger partial charge in [0, 0.05) is 5.56 Å². The van der Waals surface area contributed by atoms with Gasteiger partial charge in [0.1, 0.15) is 17.5 Å². The van der Waals surface area contributed by atoms with Crippen molar-refractivity contribution in [1.29, 1.82) is 0 Å². The number of pyridine rings is 1. The largest absolute Gasteiger partial charge is 0.619 e. The molecule has 0 bridgehead atoms. The Morgan fingerprint density at radius 1 is 1.37 bits per heavy atom. The second-order valence-electron chi connectivity index (χ2n) is 6.68. The molecule has 10 nitrogen and oxygen atoms in total. The highest BCUT2D eigenvalue weighted by atomic mass is 16.5. The molecule has 1 aliphatic carbocycles. The van der Waals surface area contributed by atoms with E-state index in [4.69, 9.17) is 11.5 Å². The molecular formula is C17H21N7O3. The zero-order valence-corrected chi connectivity index (χ0v) is 14.8. The number of hydrogen-bond donors (Lipinski definition) is 4. The summed E-state index contributed by atoms with van der Waals surface area (Å²) in [6.07, 6.45) is 6.78. The van der Waals surface area contributed by atoms with Gasteiger partial charge in [0.2, 0.25) is 12.1 Å². The summed E-state index contributed by atoms with van der Waals surface area (Å²) in [5.41, 5.74) is 11.9. The lowest BCUT2D eigenvalue weighted by atomic mass is 10.1. The number of nitrogens with two attached hydrogens (primary N) is 2. The maximum atomic E-state index is 11.7. The molecule has 6 N–H and O–H groups in total. The van der Waals surface area contributed by atoms with Gasteiger partial charge in [0.15, 0.2) is 17.7 Å². The van der Waals surface area contributed by atoms with Crippen LogP contribution in [0.1, 0.15) is 35.3 Å². The van der Waals surface area contributed by atoms with E-state index in [1.165, 1.54) is 18.6 Å². The van der Waals surface area contributed by atoms with Gasteiger partial charge in [-0.3, -0.25) is 9.59 Å². The zero-order valence-electron chi connectivity index (χ0n) is 14.8. The Hall–Kier alpha value is -3.43. The van der Waals surface area contributed by atoms with Gasteiger partial charge in [0.25, 0.3) is 5.91 Å². The van der Waals surface area contributed by atoms with Crippen LogP contribution in [0.25, 0.3) is 0 Å². The minimum absolute atomic E-state index is 0.0766. The van der Waals surface area contributed by atoms with Crippen LogP contribution in [0.2, 0.25) is 0 Å². The molecular weight excluding hydrogens is 350 g/mol. The van der Waals surface area contributed by atoms with Crippen LogP contribution < -0.4 is 26.8 Å². The number of amides is 2. The third kappa shape index (κ3) is 4.81. The summed E-state index contributed by atoms with van der Waals surface area (Å²) in [7, 11) is 0. The van der Waals surface area contributed by atoms with Gasteiger partial charge in [-0.1, -0.05) is 12.8 Å². The van der Waals surface area contributed by atoms with Crippen molar-refractivity contribution < 1.29 is 14.3 Å². The monoisotopic (exact) mass is 371 g/mol. The average molecular weight is 371 g/mol. The summed E-state index contributed by atoms with van der Waals surface area (Å²) in [6.45, 7) is 1.76. The molecule has 142 valence electrons. The molecule has 0 radical (unpaired) electrons. The minimum Gasteiger partial charge on any atom is -0.619 e. The molecule has 2 aromatic heterocycles. The van der Waals surface area contributed by atoms with Crippen molar-refractivity contribution in [1.82, 2.24) is 9.97 Å². The first-order valence-corrected chi connectivity index (χ1v) is 8.52. The third-order valence-electron chi connectivity index (χ3n) is 4.18.